The quantitative estimate of drug-likeness (QED) is 0.0529. The number of para-hydroxylation sites is 6. The zero-order valence-electron chi connectivity index (χ0n) is 83.0. The smallest absolute Gasteiger partial charge is 0.0540 e. The van der Waals surface area contributed by atoms with Crippen LogP contribution in [0.25, 0.3) is 65.3 Å². The van der Waals surface area contributed by atoms with Gasteiger partial charge in [-0.2, -0.15) is 0 Å². The van der Waals surface area contributed by atoms with Crippen molar-refractivity contribution in [3.05, 3.63) is 605 Å². The lowest BCUT2D eigenvalue weighted by atomic mass is 10.0. The maximum atomic E-state index is 2.38. The van der Waals surface area contributed by atoms with Crippen LogP contribution in [0.1, 0.15) is 22.3 Å². The molecule has 0 radical (unpaired) electrons. The van der Waals surface area contributed by atoms with Crippen molar-refractivity contribution >= 4 is 180 Å². The summed E-state index contributed by atoms with van der Waals surface area (Å²) in [5.41, 5.74) is 35.9. The molecule has 0 saturated carbocycles. The number of aryl methyl sites for hydroxylation is 4. The van der Waals surface area contributed by atoms with E-state index in [9.17, 15) is 0 Å². The third-order valence-electron chi connectivity index (χ3n) is 28.0. The Labute approximate surface area is 867 Å². The van der Waals surface area contributed by atoms with Crippen LogP contribution in [0.15, 0.2) is 582 Å². The second kappa shape index (κ2) is 42.1. The summed E-state index contributed by atoms with van der Waals surface area (Å²) in [4.78, 5) is 18.8. The third-order valence-corrected chi connectivity index (χ3v) is 28.0. The Bertz CT molecular complexity index is 8170. The monoisotopic (exact) mass is 1900 g/mol. The zero-order chi connectivity index (χ0) is 99.6. The molecule has 0 amide bonds. The third kappa shape index (κ3) is 19.2. The number of hydrogen-bond donors (Lipinski definition) is 0. The van der Waals surface area contributed by atoms with Crippen molar-refractivity contribution in [2.45, 2.75) is 27.7 Å². The van der Waals surface area contributed by atoms with Gasteiger partial charge in [0.15, 0.2) is 0 Å². The van der Waals surface area contributed by atoms with Crippen molar-refractivity contribution in [3.63, 3.8) is 0 Å². The van der Waals surface area contributed by atoms with Crippen LogP contribution in [0.5, 0.6) is 0 Å². The molecular weight excluding hydrogens is 1790 g/mol. The summed E-state index contributed by atoms with van der Waals surface area (Å²) >= 11 is 0. The predicted octanol–water partition coefficient (Wildman–Crippen LogP) is 40.3. The summed E-state index contributed by atoms with van der Waals surface area (Å²) in [6.45, 7) is 8.61. The van der Waals surface area contributed by atoms with Crippen LogP contribution >= 0.6 is 0 Å². The van der Waals surface area contributed by atoms with Crippen molar-refractivity contribution in [2.75, 3.05) is 39.2 Å². The minimum absolute atomic E-state index is 1.07. The molecule has 708 valence electrons. The minimum Gasteiger partial charge on any atom is -0.311 e. The molecule has 0 unspecified atom stereocenters. The highest BCUT2D eigenvalue weighted by Gasteiger charge is 2.27. The second-order valence-electron chi connectivity index (χ2n) is 37.5. The molecule has 0 aromatic heterocycles. The van der Waals surface area contributed by atoms with Crippen LogP contribution < -0.4 is 39.2 Å². The van der Waals surface area contributed by atoms with Gasteiger partial charge in [-0.05, 0) is 337 Å². The fourth-order valence-corrected chi connectivity index (χ4v) is 20.6. The SMILES string of the molecule is Cc1ccc(N(c2ccccc2)c2ccc(N(c3ccc(-c4ccc(N(c5ccc(N(c6ccccc6)c6ccc(C)cc6)cc5)c5cccc6ccccc56)cc4)cc3)c3cccc4ccccc34)cc2)cc1.Cc1ccccc1N(c1ccccc1)c1ccc(N(c2ccc(-c3ccc(N(c4ccc(N(c5ccccc5)c5ccccc5C)cc4)c4cccc5ccccc45)cc3)cc2)c2cccc3ccccc23)cc1. The molecule has 148 heavy (non-hydrogen) atoms. The van der Waals surface area contributed by atoms with Crippen LogP contribution in [-0.4, -0.2) is 0 Å². The molecule has 0 spiro atoms. The van der Waals surface area contributed by atoms with Gasteiger partial charge in [-0.1, -0.05) is 339 Å². The van der Waals surface area contributed by atoms with Gasteiger partial charge >= 0.3 is 0 Å². The van der Waals surface area contributed by atoms with E-state index in [2.05, 4.69) is 649 Å². The number of nitrogens with zero attached hydrogens (tertiary/aromatic N) is 8. The van der Waals surface area contributed by atoms with E-state index in [1.165, 1.54) is 65.3 Å². The summed E-state index contributed by atoms with van der Waals surface area (Å²) in [5, 5.41) is 9.55. The molecule has 0 aliphatic rings. The van der Waals surface area contributed by atoms with Crippen molar-refractivity contribution in [1.82, 2.24) is 0 Å². The molecule has 8 heteroatoms. The van der Waals surface area contributed by atoms with E-state index in [4.69, 9.17) is 0 Å². The topological polar surface area (TPSA) is 25.9 Å². The lowest BCUT2D eigenvalue weighted by Crippen LogP contribution is -2.13. The van der Waals surface area contributed by atoms with Crippen molar-refractivity contribution < 1.29 is 0 Å². The van der Waals surface area contributed by atoms with Crippen LogP contribution in [0, 0.1) is 27.7 Å². The number of fused-ring (bicyclic) bond motifs is 4. The van der Waals surface area contributed by atoms with Gasteiger partial charge in [0, 0.05) is 135 Å². The largest absolute Gasteiger partial charge is 0.311 e. The predicted molar refractivity (Wildman–Crippen MR) is 630 cm³/mol. The normalized spacial score (nSPS) is 11.1. The van der Waals surface area contributed by atoms with E-state index >= 15 is 0 Å². The molecule has 24 aromatic rings. The number of anilines is 24. The van der Waals surface area contributed by atoms with E-state index in [0.29, 0.717) is 0 Å². The summed E-state index contributed by atoms with van der Waals surface area (Å²) in [6.07, 6.45) is 0. The van der Waals surface area contributed by atoms with Gasteiger partial charge in [0.2, 0.25) is 0 Å². The molecule has 0 aliphatic carbocycles. The van der Waals surface area contributed by atoms with Crippen molar-refractivity contribution in [3.8, 4) is 22.3 Å². The van der Waals surface area contributed by atoms with Crippen LogP contribution in [0.3, 0.4) is 0 Å². The van der Waals surface area contributed by atoms with Crippen LogP contribution in [0.2, 0.25) is 0 Å². The first-order valence-corrected chi connectivity index (χ1v) is 50.7. The maximum Gasteiger partial charge on any atom is 0.0540 e. The van der Waals surface area contributed by atoms with Crippen LogP contribution in [-0.2, 0) is 0 Å². The van der Waals surface area contributed by atoms with E-state index in [1.54, 1.807) is 0 Å². The van der Waals surface area contributed by atoms with Gasteiger partial charge in [0.1, 0.15) is 0 Å². The maximum absolute atomic E-state index is 2.38. The standard InChI is InChI=1S/2C70H54N4/c1-51-19-9-15-31-67(51)71(57-25-5-3-6-26-57)61-43-47-63(48-44-61)73(69-33-17-23-55-21-11-13-29-65(55)69)59-39-35-53(36-40-59)54-37-41-60(42-38-54)74(70-34-18-24-56-22-12-14-30-66(56)70)64-49-45-62(46-50-64)72(58-27-7-4-8-28-58)68-32-16-10-20-52(68)2;1-51-27-35-59(36-28-51)71(57-19-5-3-6-20-57)61-43-47-65(48-44-61)73(69-25-13-17-55-15-9-11-23-67(55)69)63-39-31-53(32-40-63)54-33-41-64(42-34-54)74(70-26-14-18-56-16-10-12-24-68(56)70)66-49-45-62(46-50-66)72(58-21-7-4-8-22-58)60-37-29-52(2)30-38-60/h2*3-50H,1-2H3. The van der Waals surface area contributed by atoms with Crippen molar-refractivity contribution in [1.29, 1.82) is 0 Å². The molecule has 24 rings (SSSR count). The highest BCUT2D eigenvalue weighted by molar-refractivity contribution is 6.04. The Hall–Kier alpha value is -19.3. The summed E-state index contributed by atoms with van der Waals surface area (Å²) in [6, 6.07) is 210. The van der Waals surface area contributed by atoms with Gasteiger partial charge in [0.25, 0.3) is 0 Å². The molecule has 0 fully saturated rings. The highest BCUT2D eigenvalue weighted by Crippen LogP contribution is 2.50. The molecule has 0 bridgehead atoms. The average Bonchev–Trinajstić information content (AvgIpc) is 0.776. The number of rotatable bonds is 26. The Morgan fingerprint density at radius 3 is 0.459 bits per heavy atom. The molecule has 0 heterocycles. The molecular formula is C140H108N8. The summed E-state index contributed by atoms with van der Waals surface area (Å²) in [5.74, 6) is 0. The molecule has 0 saturated heterocycles. The Morgan fingerprint density at radius 1 is 0.101 bits per heavy atom. The lowest BCUT2D eigenvalue weighted by Gasteiger charge is -2.30. The van der Waals surface area contributed by atoms with E-state index < -0.39 is 0 Å². The number of hydrogen-bond acceptors (Lipinski definition) is 8. The first kappa shape index (κ1) is 92.4. The van der Waals surface area contributed by atoms with Gasteiger partial charge in [-0.25, -0.2) is 0 Å². The Balaban J connectivity index is 0.000000163. The highest BCUT2D eigenvalue weighted by atomic mass is 15.2. The van der Waals surface area contributed by atoms with Gasteiger partial charge in [0.05, 0.1) is 22.7 Å². The fourth-order valence-electron chi connectivity index (χ4n) is 20.6. The first-order chi connectivity index (χ1) is 73.1. The Morgan fingerprint density at radius 2 is 0.243 bits per heavy atom. The lowest BCUT2D eigenvalue weighted by molar-refractivity contribution is 1.24. The minimum atomic E-state index is 1.07. The van der Waals surface area contributed by atoms with Gasteiger partial charge < -0.3 is 39.2 Å². The van der Waals surface area contributed by atoms with Gasteiger partial charge in [-0.3, -0.25) is 0 Å². The van der Waals surface area contributed by atoms with Gasteiger partial charge in [-0.15, -0.1) is 0 Å². The molecule has 0 N–H and O–H groups in total. The fraction of sp³-hybridized carbons (Fsp3) is 0.0286. The van der Waals surface area contributed by atoms with E-state index in [1.807, 2.05) is 0 Å². The average molecular weight is 1900 g/mol. The van der Waals surface area contributed by atoms with E-state index in [0.717, 1.165) is 159 Å². The first-order valence-electron chi connectivity index (χ1n) is 50.7. The molecule has 8 nitrogen and oxygen atoms in total. The Kier molecular flexibility index (Phi) is 26.3. The zero-order valence-corrected chi connectivity index (χ0v) is 83.0. The second-order valence-corrected chi connectivity index (χ2v) is 37.5. The summed E-state index contributed by atoms with van der Waals surface area (Å²) in [7, 11) is 0. The molecule has 24 aromatic carbocycles. The van der Waals surface area contributed by atoms with E-state index in [-0.39, 0.29) is 0 Å². The molecule has 0 atom stereocenters. The van der Waals surface area contributed by atoms with Crippen LogP contribution in [0.4, 0.5) is 136 Å². The van der Waals surface area contributed by atoms with Crippen molar-refractivity contribution in [2.24, 2.45) is 0 Å². The summed E-state index contributed by atoms with van der Waals surface area (Å²) < 4.78 is 0. The molecule has 0 aliphatic heterocycles. The number of benzene rings is 24.